The molecule has 0 bridgehead atoms. The number of para-hydroxylation sites is 2. The molecule has 0 fully saturated rings. The first kappa shape index (κ1) is 35.1. The molecule has 6 heteroatoms. The number of nitrogens with zero attached hydrogens (tertiary/aromatic N) is 3. The molecule has 3 nitrogen and oxygen atoms in total. The maximum Gasteiger partial charge on any atom is 0.416 e. The van der Waals surface area contributed by atoms with Gasteiger partial charge >= 0.3 is 6.18 Å². The summed E-state index contributed by atoms with van der Waals surface area (Å²) in [6.45, 7) is 4.16. The zero-order chi connectivity index (χ0) is 39.7. The van der Waals surface area contributed by atoms with Crippen LogP contribution in [-0.4, -0.2) is 9.13 Å². The van der Waals surface area contributed by atoms with E-state index in [2.05, 4.69) is 138 Å². The Morgan fingerprint density at radius 3 is 1.41 bits per heavy atom. The molecule has 0 aliphatic heterocycles. The number of nitriles is 1. The second-order valence-electron chi connectivity index (χ2n) is 15.0. The maximum atomic E-state index is 14.2. The summed E-state index contributed by atoms with van der Waals surface area (Å²) in [5.41, 5.74) is 12.0. The molecule has 8 aromatic carbocycles. The Morgan fingerprint density at radius 1 is 0.431 bits per heavy atom. The highest BCUT2D eigenvalue weighted by atomic mass is 19.4. The van der Waals surface area contributed by atoms with Crippen molar-refractivity contribution in [1.82, 2.24) is 9.13 Å². The summed E-state index contributed by atoms with van der Waals surface area (Å²) in [7, 11) is 0. The quantitative estimate of drug-likeness (QED) is 0.172. The zero-order valence-electron chi connectivity index (χ0n) is 31.6. The predicted molar refractivity (Wildman–Crippen MR) is 231 cm³/mol. The van der Waals surface area contributed by atoms with Crippen LogP contribution in [0.5, 0.6) is 0 Å². The molecule has 0 amide bonds. The van der Waals surface area contributed by atoms with Crippen molar-refractivity contribution >= 4 is 43.6 Å². The van der Waals surface area contributed by atoms with Gasteiger partial charge in [0.1, 0.15) is 0 Å². The van der Waals surface area contributed by atoms with E-state index >= 15 is 0 Å². The van der Waals surface area contributed by atoms with Gasteiger partial charge in [0.15, 0.2) is 0 Å². The molecule has 0 N–H and O–H groups in total. The van der Waals surface area contributed by atoms with E-state index in [1.54, 1.807) is 6.07 Å². The van der Waals surface area contributed by atoms with Crippen LogP contribution in [0.1, 0.15) is 22.3 Å². The second-order valence-corrected chi connectivity index (χ2v) is 15.0. The van der Waals surface area contributed by atoms with Crippen molar-refractivity contribution in [3.8, 4) is 50.8 Å². The topological polar surface area (TPSA) is 33.6 Å². The van der Waals surface area contributed by atoms with E-state index in [-0.39, 0.29) is 5.56 Å². The lowest BCUT2D eigenvalue weighted by atomic mass is 9.96. The fraction of sp³-hybridized carbons (Fsp3) is 0.0577. The summed E-state index contributed by atoms with van der Waals surface area (Å²) >= 11 is 0. The van der Waals surface area contributed by atoms with Gasteiger partial charge in [-0.05, 0) is 90.2 Å². The largest absolute Gasteiger partial charge is 0.416 e. The van der Waals surface area contributed by atoms with E-state index in [1.165, 1.54) is 6.07 Å². The van der Waals surface area contributed by atoms with Crippen molar-refractivity contribution < 1.29 is 13.2 Å². The Hall–Kier alpha value is -7.36. The van der Waals surface area contributed by atoms with Crippen molar-refractivity contribution in [1.29, 1.82) is 5.26 Å². The van der Waals surface area contributed by atoms with Crippen molar-refractivity contribution in [3.05, 3.63) is 192 Å². The van der Waals surface area contributed by atoms with Gasteiger partial charge in [-0.2, -0.15) is 18.4 Å². The number of aryl methyl sites for hydroxylation is 2. The molecule has 0 atom stereocenters. The number of rotatable bonds is 5. The maximum absolute atomic E-state index is 14.2. The van der Waals surface area contributed by atoms with Gasteiger partial charge in [-0.15, -0.1) is 0 Å². The number of alkyl halides is 3. The van der Waals surface area contributed by atoms with E-state index in [4.69, 9.17) is 0 Å². The highest BCUT2D eigenvalue weighted by molar-refractivity contribution is 6.13. The molecular weight excluding hydrogens is 724 g/mol. The zero-order valence-corrected chi connectivity index (χ0v) is 31.6. The summed E-state index contributed by atoms with van der Waals surface area (Å²) in [6, 6.07) is 57.6. The summed E-state index contributed by atoms with van der Waals surface area (Å²) in [5, 5.41) is 15.0. The van der Waals surface area contributed by atoms with Gasteiger partial charge in [0.2, 0.25) is 0 Å². The fourth-order valence-corrected chi connectivity index (χ4v) is 8.60. The number of benzene rings is 8. The number of aromatic nitrogens is 2. The first-order valence-electron chi connectivity index (χ1n) is 19.1. The van der Waals surface area contributed by atoms with Crippen LogP contribution in [-0.2, 0) is 6.18 Å². The van der Waals surface area contributed by atoms with Gasteiger partial charge in [-0.3, -0.25) is 0 Å². The van der Waals surface area contributed by atoms with E-state index in [1.807, 2.05) is 36.4 Å². The first-order chi connectivity index (χ1) is 28.2. The predicted octanol–water partition coefficient (Wildman–Crippen LogP) is 14.4. The molecule has 10 rings (SSSR count). The Bertz CT molecular complexity index is 3320. The van der Waals surface area contributed by atoms with Gasteiger partial charge in [-0.25, -0.2) is 0 Å². The van der Waals surface area contributed by atoms with E-state index < -0.39 is 11.7 Å². The highest BCUT2D eigenvalue weighted by Crippen LogP contribution is 2.43. The van der Waals surface area contributed by atoms with Crippen LogP contribution in [0.2, 0.25) is 0 Å². The third-order valence-corrected chi connectivity index (χ3v) is 11.3. The molecule has 0 aliphatic carbocycles. The summed E-state index contributed by atoms with van der Waals surface area (Å²) in [5.74, 6) is 0. The van der Waals surface area contributed by atoms with Crippen molar-refractivity contribution in [2.24, 2.45) is 0 Å². The van der Waals surface area contributed by atoms with Crippen LogP contribution < -0.4 is 0 Å². The molecule has 2 heterocycles. The number of fused-ring (bicyclic) bond motifs is 6. The summed E-state index contributed by atoms with van der Waals surface area (Å²) < 4.78 is 46.9. The van der Waals surface area contributed by atoms with Crippen LogP contribution in [0.4, 0.5) is 13.2 Å². The van der Waals surface area contributed by atoms with Gasteiger partial charge in [-0.1, -0.05) is 132 Å². The van der Waals surface area contributed by atoms with Gasteiger partial charge in [0, 0.05) is 27.1 Å². The van der Waals surface area contributed by atoms with Gasteiger partial charge in [0.05, 0.1) is 50.6 Å². The van der Waals surface area contributed by atoms with E-state index in [9.17, 15) is 18.4 Å². The second kappa shape index (κ2) is 13.4. The first-order valence-corrected chi connectivity index (χ1v) is 19.1. The minimum Gasteiger partial charge on any atom is -0.307 e. The molecule has 0 radical (unpaired) electrons. The van der Waals surface area contributed by atoms with Crippen molar-refractivity contribution in [2.75, 3.05) is 0 Å². The molecule has 0 aliphatic rings. The van der Waals surface area contributed by atoms with Crippen molar-refractivity contribution in [2.45, 2.75) is 20.0 Å². The summed E-state index contributed by atoms with van der Waals surface area (Å²) in [4.78, 5) is 0. The monoisotopic (exact) mass is 757 g/mol. The third-order valence-electron chi connectivity index (χ3n) is 11.3. The normalized spacial score (nSPS) is 11.9. The molecule has 0 unspecified atom stereocenters. The summed E-state index contributed by atoms with van der Waals surface area (Å²) in [6.07, 6.45) is -4.55. The lowest BCUT2D eigenvalue weighted by molar-refractivity contribution is -0.137. The highest BCUT2D eigenvalue weighted by Gasteiger charge is 2.31. The minimum absolute atomic E-state index is 0.264. The van der Waals surface area contributed by atoms with Gasteiger partial charge in [0.25, 0.3) is 0 Å². The van der Waals surface area contributed by atoms with E-state index in [0.717, 1.165) is 100 Å². The van der Waals surface area contributed by atoms with Crippen LogP contribution in [0.25, 0.3) is 88.4 Å². The van der Waals surface area contributed by atoms with Crippen LogP contribution in [0.15, 0.2) is 170 Å². The van der Waals surface area contributed by atoms with Gasteiger partial charge < -0.3 is 9.13 Å². The number of hydrogen-bond acceptors (Lipinski definition) is 1. The van der Waals surface area contributed by atoms with E-state index in [0.29, 0.717) is 11.1 Å². The molecule has 0 saturated heterocycles. The Kier molecular flexibility index (Phi) is 8.10. The molecule has 278 valence electrons. The molecule has 10 aromatic rings. The fourth-order valence-electron chi connectivity index (χ4n) is 8.60. The number of halogens is 3. The average Bonchev–Trinajstić information content (AvgIpc) is 3.75. The molecule has 58 heavy (non-hydrogen) atoms. The third kappa shape index (κ3) is 5.74. The molecule has 2 aromatic heterocycles. The van der Waals surface area contributed by atoms with Crippen LogP contribution >= 0.6 is 0 Å². The molecule has 0 saturated carbocycles. The minimum atomic E-state index is -4.55. The Morgan fingerprint density at radius 2 is 0.897 bits per heavy atom. The van der Waals surface area contributed by atoms with Crippen LogP contribution in [0.3, 0.4) is 0 Å². The SMILES string of the molecule is Cc1cccc(-c2ccc3c4ccccc4n(-c4cc(C#N)c(-c5cccc(C(F)(F)F)c5)cc4-n4c5ccccc5c5ccc(-c6cccc(C)c6)cc54)c3c2)c1. The standard InChI is InChI=1S/C52H34F3N3/c1-32-10-7-12-34(24-32)36-20-22-43-41-16-3-5-18-46(41)57(48(43)27-36)50-29-39(31-56)45(38-14-9-15-40(26-38)52(53,54)55)30-51(50)58-47-19-6-4-17-42(47)44-23-21-37(28-49(44)58)35-13-8-11-33(2)25-35/h3-30H,1-2H3. The molecular formula is C52H34F3N3. The lowest BCUT2D eigenvalue weighted by Crippen LogP contribution is -2.07. The average molecular weight is 758 g/mol. The number of hydrogen-bond donors (Lipinski definition) is 0. The van der Waals surface area contributed by atoms with Crippen LogP contribution in [0, 0.1) is 25.2 Å². The lowest BCUT2D eigenvalue weighted by Gasteiger charge is -2.20. The van der Waals surface area contributed by atoms with Crippen molar-refractivity contribution in [3.63, 3.8) is 0 Å². The smallest absolute Gasteiger partial charge is 0.307 e. The Labute approximate surface area is 333 Å². The Balaban J connectivity index is 1.36. The molecule has 0 spiro atoms.